The number of nitrogens with one attached hydrogen (secondary N) is 1. The van der Waals surface area contributed by atoms with E-state index in [-0.39, 0.29) is 10.8 Å². The number of carbonyl (C=O) groups excluding carboxylic acids is 1. The average molecular weight is 247 g/mol. The van der Waals surface area contributed by atoms with Gasteiger partial charge in [-0.2, -0.15) is 0 Å². The van der Waals surface area contributed by atoms with Gasteiger partial charge in [0.25, 0.3) is 5.91 Å². The van der Waals surface area contributed by atoms with Crippen molar-refractivity contribution in [3.8, 4) is 0 Å². The van der Waals surface area contributed by atoms with E-state index in [0.29, 0.717) is 17.3 Å². The molecule has 0 aliphatic heterocycles. The van der Waals surface area contributed by atoms with Crippen molar-refractivity contribution in [2.45, 2.75) is 33.7 Å². The number of nitrogen functional groups attached to an aromatic ring is 1. The smallest absolute Gasteiger partial charge is 0.250 e. The van der Waals surface area contributed by atoms with Crippen LogP contribution in [-0.4, -0.2) is 11.9 Å². The quantitative estimate of drug-likeness (QED) is 0.716. The fourth-order valence-corrected chi connectivity index (χ4v) is 2.60. The third kappa shape index (κ3) is 1.72. The minimum atomic E-state index is -0.457. The molecule has 0 saturated heterocycles. The molecule has 2 rings (SSSR count). The van der Waals surface area contributed by atoms with Crippen molar-refractivity contribution >= 4 is 17.3 Å². The van der Waals surface area contributed by atoms with Crippen molar-refractivity contribution < 1.29 is 4.79 Å². The van der Waals surface area contributed by atoms with E-state index < -0.39 is 5.91 Å². The van der Waals surface area contributed by atoms with E-state index in [4.69, 9.17) is 11.5 Å². The van der Waals surface area contributed by atoms with Gasteiger partial charge in [0.05, 0.1) is 5.56 Å². The molecule has 5 N–H and O–H groups in total. The van der Waals surface area contributed by atoms with Crippen molar-refractivity contribution in [1.29, 1.82) is 0 Å². The fraction of sp³-hybridized carbons (Fsp3) is 0.500. The summed E-state index contributed by atoms with van der Waals surface area (Å²) in [6.07, 6.45) is 0. The summed E-state index contributed by atoms with van der Waals surface area (Å²) in [4.78, 5) is 11.4. The monoisotopic (exact) mass is 247 g/mol. The highest BCUT2D eigenvalue weighted by atomic mass is 16.1. The van der Waals surface area contributed by atoms with Crippen LogP contribution in [0.15, 0.2) is 18.2 Å². The summed E-state index contributed by atoms with van der Waals surface area (Å²) in [5.74, 6) is -0.457. The second-order valence-corrected chi connectivity index (χ2v) is 6.19. The second kappa shape index (κ2) is 3.64. The minimum absolute atomic E-state index is 0.198. The average Bonchev–Trinajstić information content (AvgIpc) is 2.62. The maximum Gasteiger partial charge on any atom is 0.250 e. The predicted octanol–water partition coefficient (Wildman–Crippen LogP) is 2.21. The Labute approximate surface area is 108 Å². The van der Waals surface area contributed by atoms with Gasteiger partial charge in [0.2, 0.25) is 0 Å². The number of nitrogens with two attached hydrogens (primary N) is 2. The summed E-state index contributed by atoms with van der Waals surface area (Å²) in [5.41, 5.74) is 13.2. The van der Waals surface area contributed by atoms with Crippen LogP contribution in [0.1, 0.15) is 38.1 Å². The highest BCUT2D eigenvalue weighted by molar-refractivity contribution is 5.99. The molecule has 98 valence electrons. The van der Waals surface area contributed by atoms with Crippen molar-refractivity contribution in [2.24, 2.45) is 16.6 Å². The molecule has 0 unspecified atom stereocenters. The second-order valence-electron chi connectivity index (χ2n) is 6.19. The van der Waals surface area contributed by atoms with Gasteiger partial charge >= 0.3 is 0 Å². The maximum absolute atomic E-state index is 11.4. The van der Waals surface area contributed by atoms with E-state index in [2.05, 4.69) is 33.0 Å². The molecule has 1 aliphatic rings. The van der Waals surface area contributed by atoms with Crippen molar-refractivity contribution in [2.75, 3.05) is 11.1 Å². The minimum Gasteiger partial charge on any atom is -0.399 e. The Morgan fingerprint density at radius 3 is 2.22 bits per heavy atom. The molecule has 18 heavy (non-hydrogen) atoms. The first-order chi connectivity index (χ1) is 8.18. The SMILES string of the molecule is CC1(C)C(Nc2ccc(N)cc2C(N)=O)C1(C)C. The summed E-state index contributed by atoms with van der Waals surface area (Å²) >= 11 is 0. The van der Waals surface area contributed by atoms with Crippen molar-refractivity contribution in [1.82, 2.24) is 0 Å². The highest BCUT2D eigenvalue weighted by Crippen LogP contribution is 2.63. The highest BCUT2D eigenvalue weighted by Gasteiger charge is 2.65. The third-order valence-electron chi connectivity index (χ3n) is 4.63. The Hall–Kier alpha value is -1.71. The first-order valence-corrected chi connectivity index (χ1v) is 6.14. The van der Waals surface area contributed by atoms with Crippen molar-refractivity contribution in [3.63, 3.8) is 0 Å². The Balaban J connectivity index is 2.29. The van der Waals surface area contributed by atoms with Crippen LogP contribution in [0.5, 0.6) is 0 Å². The summed E-state index contributed by atoms with van der Waals surface area (Å²) in [5, 5.41) is 3.42. The molecular formula is C14H21N3O. The van der Waals surface area contributed by atoms with E-state index in [9.17, 15) is 4.79 Å². The number of primary amides is 1. The zero-order valence-electron chi connectivity index (χ0n) is 11.4. The molecular weight excluding hydrogens is 226 g/mol. The van der Waals surface area contributed by atoms with Gasteiger partial charge in [0.15, 0.2) is 0 Å². The van der Waals surface area contributed by atoms with E-state index in [0.717, 1.165) is 5.69 Å². The summed E-state index contributed by atoms with van der Waals surface area (Å²) in [7, 11) is 0. The van der Waals surface area contributed by atoms with Crippen LogP contribution >= 0.6 is 0 Å². The number of hydrogen-bond acceptors (Lipinski definition) is 3. The van der Waals surface area contributed by atoms with Crippen LogP contribution in [0.3, 0.4) is 0 Å². The number of amides is 1. The summed E-state index contributed by atoms with van der Waals surface area (Å²) in [6.45, 7) is 8.86. The maximum atomic E-state index is 11.4. The molecule has 4 nitrogen and oxygen atoms in total. The van der Waals surface area contributed by atoms with Crippen LogP contribution < -0.4 is 16.8 Å². The normalized spacial score (nSPS) is 20.4. The first kappa shape index (κ1) is 12.7. The molecule has 1 aromatic rings. The lowest BCUT2D eigenvalue weighted by Gasteiger charge is -2.12. The van der Waals surface area contributed by atoms with Gasteiger partial charge < -0.3 is 16.8 Å². The number of hydrogen-bond donors (Lipinski definition) is 3. The van der Waals surface area contributed by atoms with E-state index >= 15 is 0 Å². The molecule has 4 heteroatoms. The molecule has 0 radical (unpaired) electrons. The molecule has 1 aliphatic carbocycles. The fourth-order valence-electron chi connectivity index (χ4n) is 2.60. The van der Waals surface area contributed by atoms with Crippen molar-refractivity contribution in [3.05, 3.63) is 23.8 Å². The lowest BCUT2D eigenvalue weighted by atomic mass is 10.0. The van der Waals surface area contributed by atoms with Crippen LogP contribution in [0, 0.1) is 10.8 Å². The molecule has 0 heterocycles. The van der Waals surface area contributed by atoms with Gasteiger partial charge in [-0.05, 0) is 29.0 Å². The Kier molecular flexibility index (Phi) is 2.58. The Morgan fingerprint density at radius 1 is 1.22 bits per heavy atom. The van der Waals surface area contributed by atoms with Gasteiger partial charge in [0, 0.05) is 17.4 Å². The van der Waals surface area contributed by atoms with Crippen LogP contribution in [0.2, 0.25) is 0 Å². The van der Waals surface area contributed by atoms with Gasteiger partial charge in [-0.25, -0.2) is 0 Å². The molecule has 0 aromatic heterocycles. The number of carbonyl (C=O) groups is 1. The molecule has 1 saturated carbocycles. The molecule has 1 amide bonds. The Bertz CT molecular complexity index is 492. The lowest BCUT2D eigenvalue weighted by molar-refractivity contribution is 0.100. The van der Waals surface area contributed by atoms with Gasteiger partial charge in [-0.15, -0.1) is 0 Å². The van der Waals surface area contributed by atoms with Gasteiger partial charge in [-0.1, -0.05) is 27.7 Å². The van der Waals surface area contributed by atoms with Gasteiger partial charge in [-0.3, -0.25) is 4.79 Å². The molecule has 0 bridgehead atoms. The van der Waals surface area contributed by atoms with E-state index in [1.807, 2.05) is 6.07 Å². The number of rotatable bonds is 3. The standard InChI is InChI=1S/C14H21N3O/c1-13(2)12(14(13,3)4)17-10-6-5-8(15)7-9(10)11(16)18/h5-7,12,17H,15H2,1-4H3,(H2,16,18). The van der Waals surface area contributed by atoms with Gasteiger partial charge in [0.1, 0.15) is 0 Å². The number of anilines is 2. The topological polar surface area (TPSA) is 81.1 Å². The largest absolute Gasteiger partial charge is 0.399 e. The molecule has 0 spiro atoms. The summed E-state index contributed by atoms with van der Waals surface area (Å²) < 4.78 is 0. The molecule has 1 aromatic carbocycles. The summed E-state index contributed by atoms with van der Waals surface area (Å²) in [6, 6.07) is 5.54. The number of benzene rings is 1. The Morgan fingerprint density at radius 2 is 1.78 bits per heavy atom. The third-order valence-corrected chi connectivity index (χ3v) is 4.63. The first-order valence-electron chi connectivity index (χ1n) is 6.14. The van der Waals surface area contributed by atoms with E-state index in [1.165, 1.54) is 0 Å². The zero-order chi connectivity index (χ0) is 13.7. The van der Waals surface area contributed by atoms with Crippen LogP contribution in [0.25, 0.3) is 0 Å². The molecule has 1 fully saturated rings. The van der Waals surface area contributed by atoms with Crippen LogP contribution in [0.4, 0.5) is 11.4 Å². The predicted molar refractivity (Wildman–Crippen MR) is 74.3 cm³/mol. The van der Waals surface area contributed by atoms with Crippen LogP contribution in [-0.2, 0) is 0 Å². The van der Waals surface area contributed by atoms with E-state index in [1.54, 1.807) is 12.1 Å². The lowest BCUT2D eigenvalue weighted by Crippen LogP contribution is -2.18. The molecule has 0 atom stereocenters. The zero-order valence-corrected chi connectivity index (χ0v) is 11.4.